The topological polar surface area (TPSA) is 132 Å². The van der Waals surface area contributed by atoms with E-state index in [1.807, 2.05) is 0 Å². The SMILES string of the molecule is O=[N+]([O-])[O-].O=[N+]([O-])[O-].[Ni+2].[Ni]. The molecule has 0 saturated heterocycles. The molecular formula is N2Ni2O6. The average Bonchev–Trinajstić information content (AvgIpc) is 1.25. The predicted octanol–water partition coefficient (Wildman–Crippen LogP) is -0.483. The summed E-state index contributed by atoms with van der Waals surface area (Å²) in [5.41, 5.74) is 0. The second kappa shape index (κ2) is 15.8. The van der Waals surface area contributed by atoms with Crippen molar-refractivity contribution in [2.75, 3.05) is 0 Å². The van der Waals surface area contributed by atoms with Crippen molar-refractivity contribution in [2.45, 2.75) is 0 Å². The quantitative estimate of drug-likeness (QED) is 0.319. The van der Waals surface area contributed by atoms with E-state index in [0.717, 1.165) is 0 Å². The molecular weight excluding hydrogens is 241 g/mol. The minimum absolute atomic E-state index is 0. The smallest absolute Gasteiger partial charge is 0.356 e. The molecule has 0 N–H and O–H groups in total. The Kier molecular flexibility index (Phi) is 35.9. The minimum atomic E-state index is -1.75. The Labute approximate surface area is 74.3 Å². The summed E-state index contributed by atoms with van der Waals surface area (Å²) < 4.78 is 0. The van der Waals surface area contributed by atoms with E-state index in [1.54, 1.807) is 0 Å². The van der Waals surface area contributed by atoms with Crippen LogP contribution in [0.3, 0.4) is 0 Å². The summed E-state index contributed by atoms with van der Waals surface area (Å²) in [6.07, 6.45) is 0. The van der Waals surface area contributed by atoms with Gasteiger partial charge in [0.15, 0.2) is 0 Å². The minimum Gasteiger partial charge on any atom is -0.356 e. The van der Waals surface area contributed by atoms with Crippen molar-refractivity contribution < 1.29 is 43.2 Å². The summed E-state index contributed by atoms with van der Waals surface area (Å²) in [6, 6.07) is 0. The van der Waals surface area contributed by atoms with Gasteiger partial charge in [-0.05, 0) is 0 Å². The number of nitrogens with zero attached hydrogens (tertiary/aromatic N) is 2. The molecule has 8 nitrogen and oxygen atoms in total. The molecule has 0 rings (SSSR count). The predicted molar refractivity (Wildman–Crippen MR) is 20.7 cm³/mol. The maximum atomic E-state index is 8.25. The van der Waals surface area contributed by atoms with Crippen LogP contribution in [0.2, 0.25) is 0 Å². The fourth-order valence-corrected chi connectivity index (χ4v) is 0. The molecule has 0 aromatic carbocycles. The van der Waals surface area contributed by atoms with E-state index in [1.165, 1.54) is 0 Å². The van der Waals surface area contributed by atoms with Crippen molar-refractivity contribution >= 4 is 0 Å². The van der Waals surface area contributed by atoms with Gasteiger partial charge in [-0.25, -0.2) is 0 Å². The van der Waals surface area contributed by atoms with Crippen molar-refractivity contribution in [3.05, 3.63) is 30.6 Å². The molecule has 0 aromatic heterocycles. The molecule has 66 valence electrons. The van der Waals surface area contributed by atoms with Crippen molar-refractivity contribution in [3.63, 3.8) is 0 Å². The molecule has 0 aliphatic carbocycles. The van der Waals surface area contributed by atoms with Gasteiger partial charge in [-0.15, -0.1) is 0 Å². The molecule has 0 amide bonds. The maximum Gasteiger partial charge on any atom is 2.00 e. The molecule has 10 heteroatoms. The average molecular weight is 241 g/mol. The number of rotatable bonds is 0. The first kappa shape index (κ1) is 22.8. The van der Waals surface area contributed by atoms with Crippen LogP contribution in [0, 0.1) is 30.6 Å². The normalized spacial score (nSPS) is 4.80. The van der Waals surface area contributed by atoms with Gasteiger partial charge in [0.2, 0.25) is 0 Å². The van der Waals surface area contributed by atoms with Crippen LogP contribution in [-0.2, 0) is 33.0 Å². The Balaban J connectivity index is -0.0000000300. The standard InChI is InChI=1S/2NO3.2Ni/c2*2-1(3)4;;/q2*-1;;+2. The van der Waals surface area contributed by atoms with Crippen molar-refractivity contribution in [3.8, 4) is 0 Å². The maximum absolute atomic E-state index is 8.25. The van der Waals surface area contributed by atoms with E-state index in [-0.39, 0.29) is 33.0 Å². The third-order valence-corrected chi connectivity index (χ3v) is 0. The zero-order chi connectivity index (χ0) is 7.15. The number of hydrogen-bond donors (Lipinski definition) is 0. The van der Waals surface area contributed by atoms with Gasteiger partial charge >= 0.3 is 16.5 Å². The Morgan fingerprint density at radius 3 is 0.800 bits per heavy atom. The van der Waals surface area contributed by atoms with Crippen molar-refractivity contribution in [2.24, 2.45) is 0 Å². The van der Waals surface area contributed by atoms with Gasteiger partial charge in [0.05, 0.1) is 10.2 Å². The van der Waals surface area contributed by atoms with Gasteiger partial charge in [0, 0.05) is 16.5 Å². The summed E-state index contributed by atoms with van der Waals surface area (Å²) in [4.78, 5) is 16.5. The molecule has 0 fully saturated rings. The summed E-state index contributed by atoms with van der Waals surface area (Å²) in [5.74, 6) is 0. The monoisotopic (exact) mass is 240 g/mol. The van der Waals surface area contributed by atoms with E-state index < -0.39 is 10.2 Å². The van der Waals surface area contributed by atoms with E-state index in [2.05, 4.69) is 0 Å². The molecule has 0 radical (unpaired) electrons. The van der Waals surface area contributed by atoms with E-state index in [0.29, 0.717) is 0 Å². The second-order valence-electron chi connectivity index (χ2n) is 0.447. The Hall–Kier alpha value is -0.613. The van der Waals surface area contributed by atoms with Gasteiger partial charge in [0.1, 0.15) is 0 Å². The molecule has 0 aliphatic heterocycles. The van der Waals surface area contributed by atoms with Crippen LogP contribution in [0.15, 0.2) is 0 Å². The fourth-order valence-electron chi connectivity index (χ4n) is 0. The summed E-state index contributed by atoms with van der Waals surface area (Å²) in [5, 5.41) is 29.5. The third-order valence-electron chi connectivity index (χ3n) is 0. The first-order valence-electron chi connectivity index (χ1n) is 1.10. The summed E-state index contributed by atoms with van der Waals surface area (Å²) in [6.45, 7) is 0. The van der Waals surface area contributed by atoms with E-state index in [4.69, 9.17) is 30.6 Å². The van der Waals surface area contributed by atoms with E-state index in [9.17, 15) is 0 Å². The van der Waals surface area contributed by atoms with Gasteiger partial charge < -0.3 is 30.6 Å². The van der Waals surface area contributed by atoms with Gasteiger partial charge in [-0.2, -0.15) is 0 Å². The first-order valence-corrected chi connectivity index (χ1v) is 1.10. The van der Waals surface area contributed by atoms with Crippen molar-refractivity contribution in [1.29, 1.82) is 0 Å². The van der Waals surface area contributed by atoms with Gasteiger partial charge in [-0.3, -0.25) is 0 Å². The summed E-state index contributed by atoms with van der Waals surface area (Å²) in [7, 11) is 0. The molecule has 0 saturated carbocycles. The Bertz CT molecular complexity index is 71.7. The second-order valence-corrected chi connectivity index (χ2v) is 0.447. The molecule has 10 heavy (non-hydrogen) atoms. The first-order chi connectivity index (χ1) is 3.46. The van der Waals surface area contributed by atoms with Crippen LogP contribution in [-0.4, -0.2) is 10.2 Å². The molecule has 0 bridgehead atoms. The third kappa shape index (κ3) is 802. The van der Waals surface area contributed by atoms with Crippen molar-refractivity contribution in [1.82, 2.24) is 0 Å². The zero-order valence-corrected chi connectivity index (χ0v) is 5.95. The molecule has 0 unspecified atom stereocenters. The fraction of sp³-hybridized carbons (Fsp3) is 0. The summed E-state index contributed by atoms with van der Waals surface area (Å²) >= 11 is 0. The molecule has 0 heterocycles. The van der Waals surface area contributed by atoms with Crippen LogP contribution in [0.4, 0.5) is 0 Å². The molecule has 0 aliphatic rings. The molecule has 0 aromatic rings. The van der Waals surface area contributed by atoms with Gasteiger partial charge in [-0.1, -0.05) is 0 Å². The van der Waals surface area contributed by atoms with Crippen LogP contribution in [0.5, 0.6) is 0 Å². The van der Waals surface area contributed by atoms with Crippen LogP contribution in [0.1, 0.15) is 0 Å². The molecule has 0 atom stereocenters. The largest absolute Gasteiger partial charge is 2.00 e. The van der Waals surface area contributed by atoms with Crippen LogP contribution in [0.25, 0.3) is 0 Å². The molecule has 0 spiro atoms. The zero-order valence-electron chi connectivity index (χ0n) is 3.98. The van der Waals surface area contributed by atoms with Gasteiger partial charge in [0.25, 0.3) is 0 Å². The number of hydrogen-bond acceptors (Lipinski definition) is 6. The van der Waals surface area contributed by atoms with Crippen LogP contribution < -0.4 is 0 Å². The Morgan fingerprint density at radius 1 is 0.800 bits per heavy atom. The van der Waals surface area contributed by atoms with E-state index >= 15 is 0 Å². The Morgan fingerprint density at radius 2 is 0.800 bits per heavy atom. The van der Waals surface area contributed by atoms with Crippen LogP contribution >= 0.6 is 0 Å².